The van der Waals surface area contributed by atoms with E-state index in [-0.39, 0.29) is 68.2 Å². The van der Waals surface area contributed by atoms with Gasteiger partial charge in [0, 0.05) is 50.7 Å². The van der Waals surface area contributed by atoms with Crippen LogP contribution in [0.4, 0.5) is 11.4 Å². The Hall–Kier alpha value is -3.98. The van der Waals surface area contributed by atoms with Crippen LogP contribution in [0.3, 0.4) is 0 Å². The molecule has 51 heavy (non-hydrogen) atoms. The van der Waals surface area contributed by atoms with Crippen LogP contribution < -0.4 is 19.3 Å². The summed E-state index contributed by atoms with van der Waals surface area (Å²) >= 11 is 25.9. The van der Waals surface area contributed by atoms with Crippen LogP contribution in [0.1, 0.15) is 45.7 Å². The van der Waals surface area contributed by atoms with Gasteiger partial charge in [-0.1, -0.05) is 82.8 Å². The van der Waals surface area contributed by atoms with E-state index in [1.54, 1.807) is 36.4 Å². The van der Waals surface area contributed by atoms with Crippen LogP contribution in [-0.2, 0) is 4.74 Å². The van der Waals surface area contributed by atoms with Crippen LogP contribution in [0.25, 0.3) is 12.2 Å². The fourth-order valence-electron chi connectivity index (χ4n) is 4.85. The number of hydrogen-bond acceptors (Lipinski definition) is 7. The van der Waals surface area contributed by atoms with Gasteiger partial charge in [0.15, 0.2) is 11.6 Å². The van der Waals surface area contributed by atoms with Gasteiger partial charge in [0.25, 0.3) is 0 Å². The van der Waals surface area contributed by atoms with Crippen molar-refractivity contribution in [1.29, 1.82) is 0 Å². The normalized spacial score (nSPS) is 12.6. The van der Waals surface area contributed by atoms with E-state index in [0.29, 0.717) is 11.5 Å². The molecule has 11 heteroatoms. The number of carbonyl (C=O) groups excluding carboxylic acids is 2. The molecule has 0 aliphatic heterocycles. The molecule has 0 saturated carbocycles. The monoisotopic (exact) mass is 768 g/mol. The van der Waals surface area contributed by atoms with Gasteiger partial charge in [-0.3, -0.25) is 9.59 Å². The van der Waals surface area contributed by atoms with Crippen molar-refractivity contribution >= 4 is 81.5 Å². The van der Waals surface area contributed by atoms with E-state index in [4.69, 9.17) is 60.6 Å². The number of rotatable bonds is 16. The lowest BCUT2D eigenvalue weighted by molar-refractivity contribution is -0.0335. The molecule has 0 aromatic heterocycles. The van der Waals surface area contributed by atoms with Crippen molar-refractivity contribution in [2.24, 2.45) is 0 Å². The molecule has 0 amide bonds. The molecule has 0 spiro atoms. The Balaban J connectivity index is 1.27. The van der Waals surface area contributed by atoms with E-state index >= 15 is 0 Å². The zero-order chi connectivity index (χ0) is 37.2. The maximum Gasteiger partial charge on any atom is 0.187 e. The molecule has 0 aliphatic carbocycles. The van der Waals surface area contributed by atoms with Crippen LogP contribution in [0.15, 0.2) is 84.9 Å². The maximum absolute atomic E-state index is 12.9. The first-order valence-electron chi connectivity index (χ1n) is 16.1. The summed E-state index contributed by atoms with van der Waals surface area (Å²) < 4.78 is 17.8. The van der Waals surface area contributed by atoms with Gasteiger partial charge < -0.3 is 24.0 Å². The lowest BCUT2D eigenvalue weighted by Gasteiger charge is -2.21. The van der Waals surface area contributed by atoms with E-state index in [9.17, 15) is 9.59 Å². The molecule has 7 nitrogen and oxygen atoms in total. The van der Waals surface area contributed by atoms with Gasteiger partial charge in [-0.05, 0) is 85.7 Å². The lowest BCUT2D eigenvalue weighted by atomic mass is 10.1. The molecule has 0 aliphatic rings. The molecular weight excluding hydrogens is 730 g/mol. The van der Waals surface area contributed by atoms with Crippen molar-refractivity contribution in [2.45, 2.75) is 26.1 Å². The molecule has 4 aromatic carbocycles. The fourth-order valence-corrected chi connectivity index (χ4v) is 5.78. The highest BCUT2D eigenvalue weighted by Gasteiger charge is 2.19. The first-order valence-corrected chi connectivity index (χ1v) is 17.6. The summed E-state index contributed by atoms with van der Waals surface area (Å²) in [6.45, 7) is 4.00. The van der Waals surface area contributed by atoms with Crippen LogP contribution in [-0.4, -0.2) is 65.2 Å². The number of nitrogens with zero attached hydrogens (tertiary/aromatic N) is 2. The Morgan fingerprint density at radius 1 is 0.569 bits per heavy atom. The summed E-state index contributed by atoms with van der Waals surface area (Å²) in [4.78, 5) is 29.7. The summed E-state index contributed by atoms with van der Waals surface area (Å²) in [5.74, 6) is 0.0945. The van der Waals surface area contributed by atoms with E-state index in [0.717, 1.165) is 22.5 Å². The number of ether oxygens (including phenoxy) is 3. The second kappa shape index (κ2) is 18.5. The highest BCUT2D eigenvalue weighted by molar-refractivity contribution is 6.45. The quantitative estimate of drug-likeness (QED) is 0.0830. The smallest absolute Gasteiger partial charge is 0.187 e. The maximum atomic E-state index is 12.9. The van der Waals surface area contributed by atoms with Crippen molar-refractivity contribution < 1.29 is 23.8 Å². The highest BCUT2D eigenvalue weighted by Crippen LogP contribution is 2.36. The number of anilines is 2. The van der Waals surface area contributed by atoms with Gasteiger partial charge in [0.05, 0.1) is 22.3 Å². The topological polar surface area (TPSA) is 68.3 Å². The van der Waals surface area contributed by atoms with Gasteiger partial charge in [0.1, 0.15) is 34.8 Å². The summed E-state index contributed by atoms with van der Waals surface area (Å²) in [6, 6.07) is 22.0. The number of carbonyl (C=O) groups is 2. The minimum Gasteiger partial charge on any atom is -0.489 e. The summed E-state index contributed by atoms with van der Waals surface area (Å²) in [5, 5.41) is 0.488. The minimum absolute atomic E-state index is 0.108. The molecule has 0 radical (unpaired) electrons. The molecule has 0 saturated heterocycles. The number of ketones is 2. The second-order valence-electron chi connectivity index (χ2n) is 12.2. The molecule has 0 bridgehead atoms. The summed E-state index contributed by atoms with van der Waals surface area (Å²) in [7, 11) is 7.86. The van der Waals surface area contributed by atoms with Gasteiger partial charge in [-0.25, -0.2) is 0 Å². The van der Waals surface area contributed by atoms with Gasteiger partial charge in [-0.2, -0.15) is 0 Å². The first kappa shape index (κ1) is 39.8. The van der Waals surface area contributed by atoms with Crippen molar-refractivity contribution in [3.63, 3.8) is 0 Å². The van der Waals surface area contributed by atoms with Crippen LogP contribution in [0.5, 0.6) is 11.5 Å². The van der Waals surface area contributed by atoms with Crippen LogP contribution in [0.2, 0.25) is 20.1 Å². The molecule has 4 rings (SSSR count). The number of allylic oxidation sites excluding steroid dienone is 2. The number of halogens is 4. The average Bonchev–Trinajstić information content (AvgIpc) is 3.11. The summed E-state index contributed by atoms with van der Waals surface area (Å²) in [5.41, 5.74) is 4.42. The predicted octanol–water partition coefficient (Wildman–Crippen LogP) is 10.5. The van der Waals surface area contributed by atoms with Crippen LogP contribution in [0, 0.1) is 0 Å². The lowest BCUT2D eigenvalue weighted by Crippen LogP contribution is -2.27. The Kier molecular flexibility index (Phi) is 14.4. The molecule has 2 unspecified atom stereocenters. The highest BCUT2D eigenvalue weighted by atomic mass is 35.5. The molecule has 0 N–H and O–H groups in total. The van der Waals surface area contributed by atoms with Gasteiger partial charge >= 0.3 is 0 Å². The van der Waals surface area contributed by atoms with E-state index in [1.165, 1.54) is 12.2 Å². The van der Waals surface area contributed by atoms with Gasteiger partial charge in [0.2, 0.25) is 0 Å². The van der Waals surface area contributed by atoms with Gasteiger partial charge in [-0.15, -0.1) is 0 Å². The Bertz CT molecular complexity index is 1750. The third-order valence-electron chi connectivity index (χ3n) is 7.71. The standard InChI is InChI=1S/C40H40Cl4N2O5/c1-25(23-49-35-21-17-31(37(41)39(35)43)33(47)19-11-27-7-13-29(14-8-27)45(3)4)51-26(2)24-50-36-22-18-32(38(42)40(36)44)34(48)20-12-28-9-15-30(16-10-28)46(5)6/h7-22,25-26H,23-24H2,1-6H3. The minimum atomic E-state index is -0.355. The zero-order valence-corrected chi connectivity index (χ0v) is 32.3. The largest absolute Gasteiger partial charge is 0.489 e. The van der Waals surface area contributed by atoms with Crippen molar-refractivity contribution in [2.75, 3.05) is 51.2 Å². The number of hydrogen-bond donors (Lipinski definition) is 0. The third kappa shape index (κ3) is 11.0. The summed E-state index contributed by atoms with van der Waals surface area (Å²) in [6.07, 6.45) is 5.67. The number of benzene rings is 4. The third-order valence-corrected chi connectivity index (χ3v) is 9.44. The SMILES string of the molecule is CC(COc1ccc(C(=O)C=Cc2ccc(N(C)C)cc2)c(Cl)c1Cl)OC(C)COc1ccc(C(=O)C=Cc2ccc(N(C)C)cc2)c(Cl)c1Cl. The molecule has 4 aromatic rings. The van der Waals surface area contributed by atoms with Crippen molar-refractivity contribution in [3.05, 3.63) is 127 Å². The molecule has 268 valence electrons. The Morgan fingerprint density at radius 3 is 1.25 bits per heavy atom. The van der Waals surface area contributed by atoms with Crippen LogP contribution >= 0.6 is 46.4 Å². The molecule has 0 fully saturated rings. The fraction of sp³-hybridized carbons (Fsp3) is 0.250. The van der Waals surface area contributed by atoms with Crippen molar-refractivity contribution in [1.82, 2.24) is 0 Å². The van der Waals surface area contributed by atoms with E-state index in [2.05, 4.69) is 0 Å². The second-order valence-corrected chi connectivity index (χ2v) is 13.7. The van der Waals surface area contributed by atoms with E-state index < -0.39 is 0 Å². The Labute approximate surface area is 319 Å². The van der Waals surface area contributed by atoms with Crippen molar-refractivity contribution in [3.8, 4) is 11.5 Å². The molecule has 2 atom stereocenters. The predicted molar refractivity (Wildman–Crippen MR) is 212 cm³/mol. The zero-order valence-electron chi connectivity index (χ0n) is 29.3. The molecule has 0 heterocycles. The Morgan fingerprint density at radius 2 is 0.922 bits per heavy atom. The average molecular weight is 771 g/mol. The molecular formula is C40H40Cl4N2O5. The first-order chi connectivity index (χ1) is 24.2. The van der Waals surface area contributed by atoms with E-state index in [1.807, 2.05) is 100 Å².